The standard InChI is InChI=1S/C19H14O/c1-12(2)14-7-9-16-18(11-14)20-17-10-8-13-5-3-4-6-15(13)19(16)17/h3-11H,1H2,2H3. The predicted molar refractivity (Wildman–Crippen MR) is 85.9 cm³/mol. The average molecular weight is 258 g/mol. The number of fused-ring (bicyclic) bond motifs is 5. The van der Waals surface area contributed by atoms with Crippen molar-refractivity contribution in [2.24, 2.45) is 0 Å². The third-order valence-electron chi connectivity index (χ3n) is 3.85. The Kier molecular flexibility index (Phi) is 2.25. The highest BCUT2D eigenvalue weighted by atomic mass is 16.3. The molecule has 3 aromatic carbocycles. The van der Waals surface area contributed by atoms with E-state index in [4.69, 9.17) is 4.42 Å². The van der Waals surface area contributed by atoms with Gasteiger partial charge < -0.3 is 4.42 Å². The second-order valence-electron chi connectivity index (χ2n) is 5.25. The Balaban J connectivity index is 2.20. The van der Waals surface area contributed by atoms with E-state index in [1.807, 2.05) is 6.92 Å². The molecule has 0 atom stereocenters. The molecule has 1 nitrogen and oxygen atoms in total. The number of benzene rings is 3. The van der Waals surface area contributed by atoms with Crippen molar-refractivity contribution in [3.63, 3.8) is 0 Å². The Bertz CT molecular complexity index is 973. The molecule has 4 aromatic rings. The first-order valence-electron chi connectivity index (χ1n) is 6.74. The SMILES string of the molecule is C=C(C)c1ccc2c(c1)oc1ccc3ccccc3c12. The van der Waals surface area contributed by atoms with Crippen molar-refractivity contribution in [3.05, 3.63) is 66.7 Å². The number of rotatable bonds is 1. The predicted octanol–water partition coefficient (Wildman–Crippen LogP) is 5.77. The lowest BCUT2D eigenvalue weighted by molar-refractivity contribution is 0.669. The van der Waals surface area contributed by atoms with Crippen molar-refractivity contribution < 1.29 is 4.42 Å². The Morgan fingerprint density at radius 3 is 2.60 bits per heavy atom. The largest absolute Gasteiger partial charge is 0.456 e. The summed E-state index contributed by atoms with van der Waals surface area (Å²) < 4.78 is 6.01. The van der Waals surface area contributed by atoms with E-state index in [9.17, 15) is 0 Å². The zero-order valence-electron chi connectivity index (χ0n) is 11.3. The van der Waals surface area contributed by atoms with Crippen LogP contribution in [0.3, 0.4) is 0 Å². The minimum Gasteiger partial charge on any atom is -0.456 e. The second kappa shape index (κ2) is 3.97. The van der Waals surface area contributed by atoms with Crippen molar-refractivity contribution in [2.45, 2.75) is 6.92 Å². The Hall–Kier alpha value is -2.54. The molecule has 0 unspecified atom stereocenters. The van der Waals surface area contributed by atoms with Gasteiger partial charge in [0.15, 0.2) is 0 Å². The lowest BCUT2D eigenvalue weighted by atomic mass is 10.0. The minimum atomic E-state index is 0.928. The summed E-state index contributed by atoms with van der Waals surface area (Å²) >= 11 is 0. The van der Waals surface area contributed by atoms with E-state index < -0.39 is 0 Å². The van der Waals surface area contributed by atoms with Crippen LogP contribution in [0, 0.1) is 0 Å². The molecule has 0 radical (unpaired) electrons. The van der Waals surface area contributed by atoms with E-state index in [-0.39, 0.29) is 0 Å². The van der Waals surface area contributed by atoms with Crippen molar-refractivity contribution in [3.8, 4) is 0 Å². The maximum absolute atomic E-state index is 6.01. The van der Waals surface area contributed by atoms with Crippen LogP contribution in [0.4, 0.5) is 0 Å². The van der Waals surface area contributed by atoms with Crippen LogP contribution >= 0.6 is 0 Å². The normalized spacial score (nSPS) is 11.4. The summed E-state index contributed by atoms with van der Waals surface area (Å²) in [6.45, 7) is 6.01. The van der Waals surface area contributed by atoms with E-state index in [1.165, 1.54) is 21.5 Å². The van der Waals surface area contributed by atoms with E-state index >= 15 is 0 Å². The van der Waals surface area contributed by atoms with Crippen molar-refractivity contribution in [1.29, 1.82) is 0 Å². The molecule has 20 heavy (non-hydrogen) atoms. The molecule has 0 bridgehead atoms. The van der Waals surface area contributed by atoms with Gasteiger partial charge in [-0.1, -0.05) is 48.6 Å². The molecule has 0 aliphatic carbocycles. The molecule has 0 aliphatic heterocycles. The molecular formula is C19H14O. The highest BCUT2D eigenvalue weighted by molar-refractivity contribution is 6.18. The van der Waals surface area contributed by atoms with Gasteiger partial charge in [-0.15, -0.1) is 0 Å². The van der Waals surface area contributed by atoms with E-state index in [0.29, 0.717) is 0 Å². The smallest absolute Gasteiger partial charge is 0.136 e. The maximum atomic E-state index is 6.01. The van der Waals surface area contributed by atoms with Gasteiger partial charge in [-0.25, -0.2) is 0 Å². The summed E-state index contributed by atoms with van der Waals surface area (Å²) in [5, 5.41) is 4.85. The van der Waals surface area contributed by atoms with Crippen LogP contribution in [0.2, 0.25) is 0 Å². The molecule has 0 saturated carbocycles. The fourth-order valence-corrected chi connectivity index (χ4v) is 2.81. The summed E-state index contributed by atoms with van der Waals surface area (Å²) in [6.07, 6.45) is 0. The highest BCUT2D eigenvalue weighted by Gasteiger charge is 2.10. The van der Waals surface area contributed by atoms with Crippen LogP contribution in [-0.4, -0.2) is 0 Å². The van der Waals surface area contributed by atoms with E-state index in [2.05, 4.69) is 61.2 Å². The number of hydrogen-bond donors (Lipinski definition) is 0. The van der Waals surface area contributed by atoms with Gasteiger partial charge in [0.05, 0.1) is 0 Å². The van der Waals surface area contributed by atoms with Crippen LogP contribution in [0.25, 0.3) is 38.3 Å². The van der Waals surface area contributed by atoms with Crippen LogP contribution in [-0.2, 0) is 0 Å². The van der Waals surface area contributed by atoms with Crippen LogP contribution in [0.1, 0.15) is 12.5 Å². The third kappa shape index (κ3) is 1.50. The third-order valence-corrected chi connectivity index (χ3v) is 3.85. The summed E-state index contributed by atoms with van der Waals surface area (Å²) in [5.41, 5.74) is 4.05. The first kappa shape index (κ1) is 11.3. The monoisotopic (exact) mass is 258 g/mol. The van der Waals surface area contributed by atoms with E-state index in [1.54, 1.807) is 0 Å². The fraction of sp³-hybridized carbons (Fsp3) is 0.0526. The van der Waals surface area contributed by atoms with Gasteiger partial charge >= 0.3 is 0 Å². The van der Waals surface area contributed by atoms with Gasteiger partial charge in [-0.05, 0) is 41.5 Å². The summed E-state index contributed by atoms with van der Waals surface area (Å²) in [4.78, 5) is 0. The van der Waals surface area contributed by atoms with Gasteiger partial charge in [-0.2, -0.15) is 0 Å². The molecule has 0 amide bonds. The van der Waals surface area contributed by atoms with E-state index in [0.717, 1.165) is 22.3 Å². The lowest BCUT2D eigenvalue weighted by Gasteiger charge is -2.00. The molecule has 0 aliphatic rings. The molecule has 0 saturated heterocycles. The molecule has 0 spiro atoms. The summed E-state index contributed by atoms with van der Waals surface area (Å²) in [7, 11) is 0. The summed E-state index contributed by atoms with van der Waals surface area (Å²) in [5.74, 6) is 0. The van der Waals surface area contributed by atoms with Crippen molar-refractivity contribution in [1.82, 2.24) is 0 Å². The topological polar surface area (TPSA) is 13.1 Å². The Morgan fingerprint density at radius 1 is 0.900 bits per heavy atom. The quantitative estimate of drug-likeness (QED) is 0.422. The van der Waals surface area contributed by atoms with Gasteiger partial charge in [0.1, 0.15) is 11.2 Å². The van der Waals surface area contributed by atoms with Gasteiger partial charge in [-0.3, -0.25) is 0 Å². The van der Waals surface area contributed by atoms with Crippen molar-refractivity contribution in [2.75, 3.05) is 0 Å². The molecule has 0 fully saturated rings. The number of furan rings is 1. The van der Waals surface area contributed by atoms with Crippen LogP contribution in [0.5, 0.6) is 0 Å². The molecule has 1 aromatic heterocycles. The van der Waals surface area contributed by atoms with Gasteiger partial charge in [0.2, 0.25) is 0 Å². The molecule has 0 N–H and O–H groups in total. The maximum Gasteiger partial charge on any atom is 0.136 e. The molecule has 1 heterocycles. The first-order chi connectivity index (χ1) is 9.74. The van der Waals surface area contributed by atoms with Crippen molar-refractivity contribution >= 4 is 38.3 Å². The minimum absolute atomic E-state index is 0.928. The van der Waals surface area contributed by atoms with Crippen LogP contribution in [0.15, 0.2) is 65.6 Å². The highest BCUT2D eigenvalue weighted by Crippen LogP contribution is 2.35. The van der Waals surface area contributed by atoms with Crippen LogP contribution < -0.4 is 0 Å². The average Bonchev–Trinajstić information content (AvgIpc) is 2.85. The fourth-order valence-electron chi connectivity index (χ4n) is 2.81. The Labute approximate surface area is 117 Å². The number of allylic oxidation sites excluding steroid dienone is 1. The molecule has 96 valence electrons. The zero-order valence-corrected chi connectivity index (χ0v) is 11.3. The lowest BCUT2D eigenvalue weighted by Crippen LogP contribution is -1.77. The second-order valence-corrected chi connectivity index (χ2v) is 5.25. The molecule has 1 heteroatoms. The summed E-state index contributed by atoms with van der Waals surface area (Å²) in [6, 6.07) is 18.9. The number of hydrogen-bond acceptors (Lipinski definition) is 1. The first-order valence-corrected chi connectivity index (χ1v) is 6.74. The van der Waals surface area contributed by atoms with Gasteiger partial charge in [0.25, 0.3) is 0 Å². The Morgan fingerprint density at radius 2 is 1.75 bits per heavy atom. The molecule has 4 rings (SSSR count). The molecular weight excluding hydrogens is 244 g/mol. The van der Waals surface area contributed by atoms with Gasteiger partial charge in [0, 0.05) is 10.8 Å². The zero-order chi connectivity index (χ0) is 13.7.